The van der Waals surface area contributed by atoms with Crippen LogP contribution in [-0.4, -0.2) is 17.8 Å². The highest BCUT2D eigenvalue weighted by Crippen LogP contribution is 2.34. The molecule has 0 aromatic heterocycles. The van der Waals surface area contributed by atoms with Crippen LogP contribution in [0.3, 0.4) is 0 Å². The monoisotopic (exact) mass is 264 g/mol. The van der Waals surface area contributed by atoms with Gasteiger partial charge in [-0.1, -0.05) is 32.9 Å². The fraction of sp³-hybridized carbons (Fsp3) is 0.647. The fourth-order valence-electron chi connectivity index (χ4n) is 2.46. The molecule has 1 aromatic rings. The third-order valence-electron chi connectivity index (χ3n) is 3.69. The van der Waals surface area contributed by atoms with Crippen LogP contribution in [0.4, 0.5) is 0 Å². The minimum atomic E-state index is -0.584. The van der Waals surface area contributed by atoms with E-state index in [-0.39, 0.29) is 11.5 Å². The molecule has 0 aliphatic rings. The molecule has 0 bridgehead atoms. The van der Waals surface area contributed by atoms with Crippen molar-refractivity contribution in [2.24, 2.45) is 5.41 Å². The van der Waals surface area contributed by atoms with Crippen LogP contribution in [-0.2, 0) is 4.74 Å². The maximum atomic E-state index is 10.7. The van der Waals surface area contributed by atoms with Crippen LogP contribution in [0, 0.1) is 26.2 Å². The summed E-state index contributed by atoms with van der Waals surface area (Å²) in [6, 6.07) is 4.23. The van der Waals surface area contributed by atoms with Gasteiger partial charge >= 0.3 is 0 Å². The second kappa shape index (κ2) is 6.06. The molecule has 2 heteroatoms. The molecule has 1 N–H and O–H groups in total. The van der Waals surface area contributed by atoms with Crippen molar-refractivity contribution in [3.05, 3.63) is 34.4 Å². The van der Waals surface area contributed by atoms with Crippen molar-refractivity contribution >= 4 is 0 Å². The smallest absolute Gasteiger partial charge is 0.106 e. The Morgan fingerprint density at radius 2 is 1.58 bits per heavy atom. The molecular weight excluding hydrogens is 236 g/mol. The van der Waals surface area contributed by atoms with E-state index in [1.165, 1.54) is 11.1 Å². The van der Waals surface area contributed by atoms with Gasteiger partial charge in [0.25, 0.3) is 0 Å². The van der Waals surface area contributed by atoms with Crippen LogP contribution >= 0.6 is 0 Å². The summed E-state index contributed by atoms with van der Waals surface area (Å²) >= 11 is 0. The predicted octanol–water partition coefficient (Wildman–Crippen LogP) is 4.10. The third-order valence-corrected chi connectivity index (χ3v) is 3.69. The van der Waals surface area contributed by atoms with Crippen LogP contribution < -0.4 is 0 Å². The summed E-state index contributed by atoms with van der Waals surface area (Å²) in [7, 11) is 0. The van der Waals surface area contributed by atoms with Crippen molar-refractivity contribution in [1.82, 2.24) is 0 Å². The molecule has 2 atom stereocenters. The van der Waals surface area contributed by atoms with Gasteiger partial charge < -0.3 is 9.84 Å². The average molecular weight is 264 g/mol. The molecule has 0 fully saturated rings. The van der Waals surface area contributed by atoms with Gasteiger partial charge in [0, 0.05) is 6.61 Å². The van der Waals surface area contributed by atoms with E-state index in [0.29, 0.717) is 6.61 Å². The summed E-state index contributed by atoms with van der Waals surface area (Å²) in [4.78, 5) is 0. The van der Waals surface area contributed by atoms with Crippen LogP contribution in [0.1, 0.15) is 56.1 Å². The van der Waals surface area contributed by atoms with Gasteiger partial charge in [-0.25, -0.2) is 0 Å². The zero-order valence-electron chi connectivity index (χ0n) is 13.4. The average Bonchev–Trinajstić information content (AvgIpc) is 2.28. The summed E-state index contributed by atoms with van der Waals surface area (Å²) < 4.78 is 5.80. The number of rotatable bonds is 4. The Balaban J connectivity index is 3.16. The minimum absolute atomic E-state index is 0.0966. The Bertz CT molecular complexity index is 430. The van der Waals surface area contributed by atoms with Crippen molar-refractivity contribution in [2.75, 3.05) is 6.61 Å². The molecule has 2 nitrogen and oxygen atoms in total. The Labute approximate surface area is 117 Å². The highest BCUT2D eigenvalue weighted by Gasteiger charge is 2.33. The van der Waals surface area contributed by atoms with E-state index in [1.54, 1.807) is 0 Å². The number of ether oxygens (including phenoxy) is 1. The van der Waals surface area contributed by atoms with Crippen LogP contribution in [0.15, 0.2) is 12.1 Å². The molecule has 0 saturated heterocycles. The highest BCUT2D eigenvalue weighted by atomic mass is 16.5. The number of hydrogen-bond acceptors (Lipinski definition) is 2. The minimum Gasteiger partial charge on any atom is -0.386 e. The van der Waals surface area contributed by atoms with Gasteiger partial charge in [0.1, 0.15) is 6.10 Å². The molecule has 1 rings (SSSR count). The Morgan fingerprint density at radius 1 is 1.05 bits per heavy atom. The maximum Gasteiger partial charge on any atom is 0.106 e. The van der Waals surface area contributed by atoms with Crippen molar-refractivity contribution < 1.29 is 9.84 Å². The molecule has 1 aromatic carbocycles. The number of benzene rings is 1. The summed E-state index contributed by atoms with van der Waals surface area (Å²) in [5.41, 5.74) is 4.49. The van der Waals surface area contributed by atoms with E-state index in [9.17, 15) is 5.11 Å². The molecule has 0 aliphatic heterocycles. The van der Waals surface area contributed by atoms with Gasteiger partial charge in [-0.2, -0.15) is 0 Å². The Hall–Kier alpha value is -0.860. The Morgan fingerprint density at radius 3 is 2.05 bits per heavy atom. The molecule has 0 aliphatic carbocycles. The molecular formula is C17H28O2. The molecule has 0 radical (unpaired) electrons. The van der Waals surface area contributed by atoms with E-state index in [1.807, 2.05) is 6.92 Å². The number of hydrogen-bond donors (Lipinski definition) is 1. The van der Waals surface area contributed by atoms with Crippen molar-refractivity contribution in [2.45, 2.75) is 60.7 Å². The SMILES string of the molecule is CCOC(C(O)c1cc(C)c(C)cc1C)C(C)(C)C. The third kappa shape index (κ3) is 3.80. The van der Waals surface area contributed by atoms with Crippen molar-refractivity contribution in [1.29, 1.82) is 0 Å². The quantitative estimate of drug-likeness (QED) is 0.887. The second-order valence-electron chi connectivity index (χ2n) is 6.48. The molecule has 2 unspecified atom stereocenters. The summed E-state index contributed by atoms with van der Waals surface area (Å²) in [6.45, 7) is 15.1. The normalized spacial score (nSPS) is 15.4. The van der Waals surface area contributed by atoms with E-state index in [4.69, 9.17) is 4.74 Å². The van der Waals surface area contributed by atoms with Gasteiger partial charge in [0.15, 0.2) is 0 Å². The lowest BCUT2D eigenvalue weighted by molar-refractivity contribution is -0.0900. The van der Waals surface area contributed by atoms with Gasteiger partial charge in [-0.05, 0) is 55.4 Å². The van der Waals surface area contributed by atoms with Crippen LogP contribution in [0.2, 0.25) is 0 Å². The zero-order valence-corrected chi connectivity index (χ0v) is 13.4. The van der Waals surface area contributed by atoms with E-state index in [2.05, 4.69) is 53.7 Å². The first-order valence-corrected chi connectivity index (χ1v) is 7.06. The lowest BCUT2D eigenvalue weighted by Crippen LogP contribution is -2.35. The largest absolute Gasteiger partial charge is 0.386 e. The highest BCUT2D eigenvalue weighted by molar-refractivity contribution is 5.38. The Kier molecular flexibility index (Phi) is 5.17. The molecule has 0 spiro atoms. The zero-order chi connectivity index (χ0) is 14.8. The van der Waals surface area contributed by atoms with E-state index in [0.717, 1.165) is 11.1 Å². The first-order valence-electron chi connectivity index (χ1n) is 7.06. The number of aryl methyl sites for hydroxylation is 3. The molecule has 0 amide bonds. The van der Waals surface area contributed by atoms with Gasteiger partial charge in [-0.3, -0.25) is 0 Å². The summed E-state index contributed by atoms with van der Waals surface area (Å²) in [5, 5.41) is 10.7. The molecule has 0 heterocycles. The van der Waals surface area contributed by atoms with Crippen molar-refractivity contribution in [3.8, 4) is 0 Å². The van der Waals surface area contributed by atoms with Crippen molar-refractivity contribution in [3.63, 3.8) is 0 Å². The molecule has 0 saturated carbocycles. The second-order valence-corrected chi connectivity index (χ2v) is 6.48. The standard InChI is InChI=1S/C17H28O2/c1-8-19-16(17(5,6)7)15(18)14-10-12(3)11(2)9-13(14)4/h9-10,15-16,18H,8H2,1-7H3. The number of aliphatic hydroxyl groups is 1. The summed E-state index contributed by atoms with van der Waals surface area (Å²) in [5.74, 6) is 0. The van der Waals surface area contributed by atoms with Gasteiger partial charge in [0.05, 0.1) is 6.10 Å². The first kappa shape index (κ1) is 16.2. The lowest BCUT2D eigenvalue weighted by Gasteiger charge is -2.35. The summed E-state index contributed by atoms with van der Waals surface area (Å²) in [6.07, 6.45) is -0.780. The lowest BCUT2D eigenvalue weighted by atomic mass is 9.82. The van der Waals surface area contributed by atoms with E-state index >= 15 is 0 Å². The number of aliphatic hydroxyl groups excluding tert-OH is 1. The van der Waals surface area contributed by atoms with E-state index < -0.39 is 6.10 Å². The van der Waals surface area contributed by atoms with Gasteiger partial charge in [0.2, 0.25) is 0 Å². The molecule has 108 valence electrons. The topological polar surface area (TPSA) is 29.5 Å². The van der Waals surface area contributed by atoms with Gasteiger partial charge in [-0.15, -0.1) is 0 Å². The maximum absolute atomic E-state index is 10.7. The van der Waals surface area contributed by atoms with Crippen LogP contribution in [0.25, 0.3) is 0 Å². The molecule has 19 heavy (non-hydrogen) atoms. The van der Waals surface area contributed by atoms with Crippen LogP contribution in [0.5, 0.6) is 0 Å². The fourth-order valence-corrected chi connectivity index (χ4v) is 2.46. The predicted molar refractivity (Wildman–Crippen MR) is 80.5 cm³/mol. The first-order chi connectivity index (χ1) is 8.68.